The maximum Gasteiger partial charge on any atom is 0.276 e. The van der Waals surface area contributed by atoms with Crippen molar-refractivity contribution >= 4 is 27.5 Å². The zero-order chi connectivity index (χ0) is 16.2. The van der Waals surface area contributed by atoms with Crippen LogP contribution in [0.5, 0.6) is 0 Å². The fourth-order valence-corrected chi connectivity index (χ4v) is 2.75. The summed E-state index contributed by atoms with van der Waals surface area (Å²) in [7, 11) is 0. The van der Waals surface area contributed by atoms with Crippen LogP contribution < -0.4 is 5.32 Å². The Hall–Kier alpha value is -2.40. The van der Waals surface area contributed by atoms with E-state index in [9.17, 15) is 4.79 Å². The molecule has 1 heterocycles. The van der Waals surface area contributed by atoms with Gasteiger partial charge in [-0.25, -0.2) is 0 Å². The van der Waals surface area contributed by atoms with Gasteiger partial charge in [-0.2, -0.15) is 5.10 Å². The van der Waals surface area contributed by atoms with Crippen LogP contribution in [0.25, 0.3) is 0 Å². The normalized spacial score (nSPS) is 10.5. The first-order valence-corrected chi connectivity index (χ1v) is 8.06. The second-order valence-corrected chi connectivity index (χ2v) is 6.19. The van der Waals surface area contributed by atoms with E-state index in [2.05, 4.69) is 26.3 Å². The molecule has 0 bridgehead atoms. The number of hydrogen-bond donors (Lipinski definition) is 1. The lowest BCUT2D eigenvalue weighted by atomic mass is 10.2. The summed E-state index contributed by atoms with van der Waals surface area (Å²) in [4.78, 5) is 12.3. The molecule has 0 aliphatic heterocycles. The van der Waals surface area contributed by atoms with Crippen LogP contribution >= 0.6 is 15.9 Å². The van der Waals surface area contributed by atoms with Gasteiger partial charge in [-0.05, 0) is 42.8 Å². The highest BCUT2D eigenvalue weighted by Crippen LogP contribution is 2.14. The molecule has 0 aliphatic rings. The molecule has 4 nitrogen and oxygen atoms in total. The van der Waals surface area contributed by atoms with E-state index in [0.29, 0.717) is 12.2 Å². The van der Waals surface area contributed by atoms with E-state index in [1.54, 1.807) is 6.07 Å². The Balaban J connectivity index is 1.76. The minimum atomic E-state index is -0.202. The van der Waals surface area contributed by atoms with E-state index in [1.165, 1.54) is 0 Å². The van der Waals surface area contributed by atoms with Crippen molar-refractivity contribution in [2.45, 2.75) is 13.5 Å². The molecule has 23 heavy (non-hydrogen) atoms. The lowest BCUT2D eigenvalue weighted by molar-refractivity contribution is 0.102. The third-order valence-electron chi connectivity index (χ3n) is 3.47. The molecule has 116 valence electrons. The number of aromatic nitrogens is 2. The molecule has 0 atom stereocenters. The molecule has 1 N–H and O–H groups in total. The number of aryl methyl sites for hydroxylation is 1. The molecular formula is C18H16BrN3O. The number of benzene rings is 2. The minimum absolute atomic E-state index is 0.202. The van der Waals surface area contributed by atoms with Crippen LogP contribution in [0.3, 0.4) is 0 Å². The number of nitrogens with zero attached hydrogens (tertiary/aromatic N) is 2. The molecule has 5 heteroatoms. The summed E-state index contributed by atoms with van der Waals surface area (Å²) in [6.45, 7) is 2.58. The molecule has 0 aliphatic carbocycles. The summed E-state index contributed by atoms with van der Waals surface area (Å²) in [5.74, 6) is -0.202. The predicted octanol–water partition coefficient (Wildman–Crippen LogP) is 4.25. The first-order chi connectivity index (χ1) is 11.1. The predicted molar refractivity (Wildman–Crippen MR) is 94.6 cm³/mol. The van der Waals surface area contributed by atoms with Crippen LogP contribution in [0.15, 0.2) is 65.1 Å². The molecule has 3 aromatic rings. The van der Waals surface area contributed by atoms with Crippen molar-refractivity contribution < 1.29 is 4.79 Å². The average Bonchev–Trinajstić information content (AvgIpc) is 2.89. The van der Waals surface area contributed by atoms with Crippen molar-refractivity contribution in [2.75, 3.05) is 5.32 Å². The third-order valence-corrected chi connectivity index (χ3v) is 3.96. The summed E-state index contributed by atoms with van der Waals surface area (Å²) in [6, 6.07) is 19.2. The summed E-state index contributed by atoms with van der Waals surface area (Å²) in [6.07, 6.45) is 0. The number of nitrogens with one attached hydrogen (secondary N) is 1. The van der Waals surface area contributed by atoms with Crippen molar-refractivity contribution in [3.05, 3.63) is 82.1 Å². The quantitative estimate of drug-likeness (QED) is 0.746. The van der Waals surface area contributed by atoms with Crippen LogP contribution in [0.2, 0.25) is 0 Å². The SMILES string of the molecule is Cc1cc(C(=O)Nc2ccccc2)nn1Cc1cccc(Br)c1. The van der Waals surface area contributed by atoms with Crippen molar-refractivity contribution in [3.8, 4) is 0 Å². The molecule has 1 amide bonds. The molecule has 0 saturated carbocycles. The first-order valence-electron chi connectivity index (χ1n) is 7.27. The Bertz CT molecular complexity index is 827. The molecule has 0 spiro atoms. The van der Waals surface area contributed by atoms with E-state index in [-0.39, 0.29) is 5.91 Å². The second-order valence-electron chi connectivity index (χ2n) is 5.28. The van der Waals surface area contributed by atoms with E-state index in [0.717, 1.165) is 21.4 Å². The zero-order valence-corrected chi connectivity index (χ0v) is 14.2. The molecule has 1 aromatic heterocycles. The second kappa shape index (κ2) is 6.79. The fraction of sp³-hybridized carbons (Fsp3) is 0.111. The monoisotopic (exact) mass is 369 g/mol. The molecular weight excluding hydrogens is 354 g/mol. The highest BCUT2D eigenvalue weighted by molar-refractivity contribution is 9.10. The van der Waals surface area contributed by atoms with Crippen molar-refractivity contribution in [1.29, 1.82) is 0 Å². The number of carbonyl (C=O) groups excluding carboxylic acids is 1. The molecule has 0 unspecified atom stereocenters. The maximum atomic E-state index is 12.3. The number of carbonyl (C=O) groups is 1. The van der Waals surface area contributed by atoms with Gasteiger partial charge < -0.3 is 5.32 Å². The van der Waals surface area contributed by atoms with Gasteiger partial charge >= 0.3 is 0 Å². The standard InChI is InChI=1S/C18H16BrN3O/c1-13-10-17(18(23)20-16-8-3-2-4-9-16)21-22(13)12-14-6-5-7-15(19)11-14/h2-11H,12H2,1H3,(H,20,23). The number of anilines is 1. The Morgan fingerprint density at radius 3 is 2.65 bits per heavy atom. The third kappa shape index (κ3) is 3.87. The van der Waals surface area contributed by atoms with Gasteiger partial charge in [0.15, 0.2) is 5.69 Å². The van der Waals surface area contributed by atoms with Gasteiger partial charge in [-0.1, -0.05) is 46.3 Å². The molecule has 0 saturated heterocycles. The lowest BCUT2D eigenvalue weighted by Gasteiger charge is -2.05. The van der Waals surface area contributed by atoms with Gasteiger partial charge in [-0.3, -0.25) is 9.48 Å². The topological polar surface area (TPSA) is 46.9 Å². The Morgan fingerprint density at radius 2 is 1.91 bits per heavy atom. The molecule has 2 aromatic carbocycles. The lowest BCUT2D eigenvalue weighted by Crippen LogP contribution is -2.13. The Kier molecular flexibility index (Phi) is 4.57. The summed E-state index contributed by atoms with van der Waals surface area (Å²) in [5.41, 5.74) is 3.25. The van der Waals surface area contributed by atoms with Crippen LogP contribution in [0.1, 0.15) is 21.7 Å². The van der Waals surface area contributed by atoms with E-state index in [1.807, 2.05) is 66.2 Å². The highest BCUT2D eigenvalue weighted by Gasteiger charge is 2.12. The highest BCUT2D eigenvalue weighted by atomic mass is 79.9. The molecule has 0 fully saturated rings. The van der Waals surface area contributed by atoms with E-state index in [4.69, 9.17) is 0 Å². The number of rotatable bonds is 4. The Morgan fingerprint density at radius 1 is 1.13 bits per heavy atom. The largest absolute Gasteiger partial charge is 0.321 e. The van der Waals surface area contributed by atoms with Gasteiger partial charge in [-0.15, -0.1) is 0 Å². The van der Waals surface area contributed by atoms with Gasteiger partial charge in [0.2, 0.25) is 0 Å². The summed E-state index contributed by atoms with van der Waals surface area (Å²) >= 11 is 3.47. The van der Waals surface area contributed by atoms with E-state index >= 15 is 0 Å². The number of amides is 1. The maximum absolute atomic E-state index is 12.3. The minimum Gasteiger partial charge on any atom is -0.321 e. The van der Waals surface area contributed by atoms with Crippen molar-refractivity contribution in [2.24, 2.45) is 0 Å². The molecule has 3 rings (SSSR count). The van der Waals surface area contributed by atoms with Gasteiger partial charge in [0.1, 0.15) is 0 Å². The van der Waals surface area contributed by atoms with Crippen LogP contribution in [0, 0.1) is 6.92 Å². The summed E-state index contributed by atoms with van der Waals surface area (Å²) < 4.78 is 2.86. The van der Waals surface area contributed by atoms with Gasteiger partial charge in [0.05, 0.1) is 6.54 Å². The number of para-hydroxylation sites is 1. The summed E-state index contributed by atoms with van der Waals surface area (Å²) in [5, 5.41) is 7.27. The average molecular weight is 370 g/mol. The first kappa shape index (κ1) is 15.5. The van der Waals surface area contributed by atoms with Crippen molar-refractivity contribution in [1.82, 2.24) is 9.78 Å². The van der Waals surface area contributed by atoms with Gasteiger partial charge in [0.25, 0.3) is 5.91 Å². The fourth-order valence-electron chi connectivity index (χ4n) is 2.31. The molecule has 0 radical (unpaired) electrons. The van der Waals surface area contributed by atoms with Crippen LogP contribution in [-0.2, 0) is 6.54 Å². The van der Waals surface area contributed by atoms with Gasteiger partial charge in [0, 0.05) is 15.9 Å². The van der Waals surface area contributed by atoms with E-state index < -0.39 is 0 Å². The number of hydrogen-bond acceptors (Lipinski definition) is 2. The number of halogens is 1. The Labute approximate surface area is 143 Å². The smallest absolute Gasteiger partial charge is 0.276 e. The van der Waals surface area contributed by atoms with Crippen LogP contribution in [0.4, 0.5) is 5.69 Å². The van der Waals surface area contributed by atoms with Crippen LogP contribution in [-0.4, -0.2) is 15.7 Å². The van der Waals surface area contributed by atoms with Crippen molar-refractivity contribution in [3.63, 3.8) is 0 Å². The zero-order valence-electron chi connectivity index (χ0n) is 12.7.